The van der Waals surface area contributed by atoms with Gasteiger partial charge in [0.15, 0.2) is 5.76 Å². The van der Waals surface area contributed by atoms with Gasteiger partial charge in [-0.25, -0.2) is 4.98 Å². The van der Waals surface area contributed by atoms with Crippen molar-refractivity contribution < 1.29 is 14.0 Å². The van der Waals surface area contributed by atoms with Crippen LogP contribution in [-0.2, 0) is 17.6 Å². The first-order chi connectivity index (χ1) is 15.6. The standard InChI is InChI=1S/C25H25N3O3S/c1-17-16-32-24(27-17)8-4-5-13-26-23(29)14-18-9-11-20(12-10-18)28-25(30)22-15-19-6-2-3-7-21(19)31-22/h2-3,6-7,9-12,15-16H,4-5,8,13-14H2,1H3,(H,26,29)(H,28,30). The van der Waals surface area contributed by atoms with Gasteiger partial charge in [0.1, 0.15) is 5.58 Å². The van der Waals surface area contributed by atoms with E-state index in [4.69, 9.17) is 4.42 Å². The molecule has 2 amide bonds. The van der Waals surface area contributed by atoms with Crippen molar-refractivity contribution in [2.24, 2.45) is 0 Å². The second-order valence-electron chi connectivity index (χ2n) is 7.67. The van der Waals surface area contributed by atoms with Gasteiger partial charge in [-0.1, -0.05) is 30.3 Å². The Kier molecular flexibility index (Phi) is 6.97. The van der Waals surface area contributed by atoms with Crippen LogP contribution in [0.25, 0.3) is 11.0 Å². The smallest absolute Gasteiger partial charge is 0.291 e. The van der Waals surface area contributed by atoms with E-state index in [1.54, 1.807) is 29.5 Å². The average Bonchev–Trinajstić information content (AvgIpc) is 3.41. The molecule has 164 valence electrons. The van der Waals surface area contributed by atoms with Crippen molar-refractivity contribution in [1.82, 2.24) is 10.3 Å². The van der Waals surface area contributed by atoms with E-state index in [9.17, 15) is 9.59 Å². The summed E-state index contributed by atoms with van der Waals surface area (Å²) in [5.41, 5.74) is 3.29. The minimum atomic E-state index is -0.306. The number of benzene rings is 2. The predicted octanol–water partition coefficient (Wildman–Crippen LogP) is 5.13. The lowest BCUT2D eigenvalue weighted by Gasteiger charge is -2.07. The molecule has 0 fully saturated rings. The largest absolute Gasteiger partial charge is 0.451 e. The van der Waals surface area contributed by atoms with E-state index in [2.05, 4.69) is 21.0 Å². The molecule has 2 heterocycles. The van der Waals surface area contributed by atoms with Crippen LogP contribution in [0.1, 0.15) is 39.7 Å². The van der Waals surface area contributed by atoms with Gasteiger partial charge < -0.3 is 15.1 Å². The maximum Gasteiger partial charge on any atom is 0.291 e. The number of carbonyl (C=O) groups is 2. The number of hydrogen-bond acceptors (Lipinski definition) is 5. The first-order valence-corrected chi connectivity index (χ1v) is 11.5. The molecule has 7 heteroatoms. The summed E-state index contributed by atoms with van der Waals surface area (Å²) in [5, 5.41) is 9.89. The Hall–Kier alpha value is -3.45. The van der Waals surface area contributed by atoms with E-state index in [-0.39, 0.29) is 17.6 Å². The molecule has 0 radical (unpaired) electrons. The Morgan fingerprint density at radius 1 is 1.06 bits per heavy atom. The minimum Gasteiger partial charge on any atom is -0.451 e. The van der Waals surface area contributed by atoms with Crippen molar-refractivity contribution >= 4 is 39.8 Å². The van der Waals surface area contributed by atoms with E-state index in [0.29, 0.717) is 24.2 Å². The molecule has 0 aliphatic carbocycles. The molecule has 0 aliphatic heterocycles. The molecule has 6 nitrogen and oxygen atoms in total. The highest BCUT2D eigenvalue weighted by molar-refractivity contribution is 7.09. The molecule has 0 atom stereocenters. The van der Waals surface area contributed by atoms with Crippen LogP contribution in [-0.4, -0.2) is 23.3 Å². The summed E-state index contributed by atoms with van der Waals surface area (Å²) < 4.78 is 5.59. The van der Waals surface area contributed by atoms with Crippen molar-refractivity contribution in [3.05, 3.63) is 82.0 Å². The Morgan fingerprint density at radius 3 is 2.62 bits per heavy atom. The fourth-order valence-corrected chi connectivity index (χ4v) is 4.21. The van der Waals surface area contributed by atoms with Crippen molar-refractivity contribution in [2.45, 2.75) is 32.6 Å². The number of nitrogens with zero attached hydrogens (tertiary/aromatic N) is 1. The zero-order valence-electron chi connectivity index (χ0n) is 17.9. The summed E-state index contributed by atoms with van der Waals surface area (Å²) in [6.07, 6.45) is 3.20. The number of para-hydroxylation sites is 1. The number of carbonyl (C=O) groups excluding carboxylic acids is 2. The van der Waals surface area contributed by atoms with Crippen LogP contribution >= 0.6 is 11.3 Å². The van der Waals surface area contributed by atoms with Crippen LogP contribution < -0.4 is 10.6 Å². The number of thiazole rings is 1. The summed E-state index contributed by atoms with van der Waals surface area (Å²) in [5.74, 6) is -0.0478. The summed E-state index contributed by atoms with van der Waals surface area (Å²) in [6, 6.07) is 16.5. The molecule has 4 aromatic rings. The number of anilines is 1. The van der Waals surface area contributed by atoms with Crippen molar-refractivity contribution in [2.75, 3.05) is 11.9 Å². The molecule has 32 heavy (non-hydrogen) atoms. The lowest BCUT2D eigenvalue weighted by Crippen LogP contribution is -2.26. The maximum absolute atomic E-state index is 12.4. The third-order valence-corrected chi connectivity index (χ3v) is 6.06. The number of hydrogen-bond donors (Lipinski definition) is 2. The SMILES string of the molecule is Cc1csc(CCCCNC(=O)Cc2ccc(NC(=O)c3cc4ccccc4o3)cc2)n1. The lowest BCUT2D eigenvalue weighted by molar-refractivity contribution is -0.120. The van der Waals surface area contributed by atoms with Crippen LogP contribution in [0.2, 0.25) is 0 Å². The third kappa shape index (κ3) is 5.82. The predicted molar refractivity (Wildman–Crippen MR) is 127 cm³/mol. The van der Waals surface area contributed by atoms with Crippen LogP contribution in [0.15, 0.2) is 64.4 Å². The Balaban J connectivity index is 1.20. The second-order valence-corrected chi connectivity index (χ2v) is 8.61. The van der Waals surface area contributed by atoms with Gasteiger partial charge in [-0.15, -0.1) is 11.3 Å². The highest BCUT2D eigenvalue weighted by atomic mass is 32.1. The number of furan rings is 1. The van der Waals surface area contributed by atoms with Crippen LogP contribution in [0.4, 0.5) is 5.69 Å². The molecule has 0 saturated heterocycles. The molecular weight excluding hydrogens is 422 g/mol. The maximum atomic E-state index is 12.4. The first kappa shape index (κ1) is 21.8. The normalized spacial score (nSPS) is 10.9. The summed E-state index contributed by atoms with van der Waals surface area (Å²) >= 11 is 1.69. The van der Waals surface area contributed by atoms with Gasteiger partial charge in [0.25, 0.3) is 5.91 Å². The quantitative estimate of drug-likeness (QED) is 0.348. The third-order valence-electron chi connectivity index (χ3n) is 5.03. The van der Waals surface area contributed by atoms with Gasteiger partial charge in [0, 0.05) is 28.7 Å². The van der Waals surface area contributed by atoms with Gasteiger partial charge in [0.05, 0.1) is 11.4 Å². The number of aromatic nitrogens is 1. The molecule has 0 unspecified atom stereocenters. The zero-order valence-corrected chi connectivity index (χ0v) is 18.7. The number of amides is 2. The van der Waals surface area contributed by atoms with E-state index >= 15 is 0 Å². The monoisotopic (exact) mass is 447 g/mol. The Labute approximate surface area is 190 Å². The van der Waals surface area contributed by atoms with Gasteiger partial charge in [-0.3, -0.25) is 9.59 Å². The molecular formula is C25H25N3O3S. The molecule has 2 N–H and O–H groups in total. The van der Waals surface area contributed by atoms with Crippen LogP contribution in [0, 0.1) is 6.92 Å². The fourth-order valence-electron chi connectivity index (χ4n) is 3.39. The zero-order chi connectivity index (χ0) is 22.3. The van der Waals surface area contributed by atoms with E-state index in [1.807, 2.05) is 43.3 Å². The van der Waals surface area contributed by atoms with Crippen molar-refractivity contribution in [3.63, 3.8) is 0 Å². The first-order valence-electron chi connectivity index (χ1n) is 10.6. The van der Waals surface area contributed by atoms with E-state index < -0.39 is 0 Å². The average molecular weight is 448 g/mol. The van der Waals surface area contributed by atoms with Crippen LogP contribution in [0.3, 0.4) is 0 Å². The Bertz CT molecular complexity index is 1180. The Morgan fingerprint density at radius 2 is 1.88 bits per heavy atom. The molecule has 2 aromatic heterocycles. The van der Waals surface area contributed by atoms with E-state index in [1.165, 1.54) is 0 Å². The molecule has 4 rings (SSSR count). The number of rotatable bonds is 9. The number of aryl methyl sites for hydroxylation is 2. The highest BCUT2D eigenvalue weighted by Gasteiger charge is 2.12. The van der Waals surface area contributed by atoms with Crippen molar-refractivity contribution in [1.29, 1.82) is 0 Å². The van der Waals surface area contributed by atoms with E-state index in [0.717, 1.165) is 40.9 Å². The number of fused-ring (bicyclic) bond motifs is 1. The van der Waals surface area contributed by atoms with Gasteiger partial charge in [-0.05, 0) is 56.0 Å². The highest BCUT2D eigenvalue weighted by Crippen LogP contribution is 2.20. The lowest BCUT2D eigenvalue weighted by atomic mass is 10.1. The molecule has 0 saturated carbocycles. The van der Waals surface area contributed by atoms with Crippen molar-refractivity contribution in [3.8, 4) is 0 Å². The van der Waals surface area contributed by atoms with Gasteiger partial charge in [-0.2, -0.15) is 0 Å². The topological polar surface area (TPSA) is 84.2 Å². The summed E-state index contributed by atoms with van der Waals surface area (Å²) in [6.45, 7) is 2.66. The second kappa shape index (κ2) is 10.2. The molecule has 2 aromatic carbocycles. The molecule has 0 aliphatic rings. The summed E-state index contributed by atoms with van der Waals surface area (Å²) in [4.78, 5) is 29.1. The van der Waals surface area contributed by atoms with Gasteiger partial charge >= 0.3 is 0 Å². The number of nitrogens with one attached hydrogen (secondary N) is 2. The minimum absolute atomic E-state index is 0.00541. The molecule has 0 bridgehead atoms. The number of unbranched alkanes of at least 4 members (excludes halogenated alkanes) is 1. The molecule has 0 spiro atoms. The van der Waals surface area contributed by atoms with Gasteiger partial charge in [0.2, 0.25) is 5.91 Å². The summed E-state index contributed by atoms with van der Waals surface area (Å²) in [7, 11) is 0. The fraction of sp³-hybridized carbons (Fsp3) is 0.240. The van der Waals surface area contributed by atoms with Crippen LogP contribution in [0.5, 0.6) is 0 Å².